The van der Waals surface area contributed by atoms with Crippen LogP contribution in [0.4, 0.5) is 0 Å². The largest absolute Gasteiger partial charge is 0.459 e. The topological polar surface area (TPSA) is 158 Å². The van der Waals surface area contributed by atoms with E-state index in [1.165, 1.54) is 38.1 Å². The third kappa shape index (κ3) is 10.1. The molecule has 0 bridgehead atoms. The van der Waals surface area contributed by atoms with Crippen LogP contribution in [0.25, 0.3) is 0 Å². The van der Waals surface area contributed by atoms with Gasteiger partial charge in [0.1, 0.15) is 54.8 Å². The number of thioether (sulfide) groups is 1. The molecule has 328 valence electrons. The van der Waals surface area contributed by atoms with Crippen molar-refractivity contribution in [2.24, 2.45) is 0 Å². The van der Waals surface area contributed by atoms with E-state index in [0.29, 0.717) is 0 Å². The van der Waals surface area contributed by atoms with Gasteiger partial charge in [-0.25, -0.2) is 9.59 Å². The summed E-state index contributed by atoms with van der Waals surface area (Å²) in [6, 6.07) is 35.6. The van der Waals surface area contributed by atoms with Gasteiger partial charge in [-0.05, 0) is 39.7 Å². The molecule has 2 aliphatic rings. The second-order valence-electron chi connectivity index (χ2n) is 15.8. The Morgan fingerprint density at radius 2 is 1.13 bits per heavy atom. The second kappa shape index (κ2) is 20.9. The molecule has 0 aromatic heterocycles. The van der Waals surface area contributed by atoms with Crippen molar-refractivity contribution in [2.45, 2.75) is 91.3 Å². The molecule has 61 heavy (non-hydrogen) atoms. The molecule has 4 aromatic carbocycles. The minimum atomic E-state index is -3.05. The zero-order valence-electron chi connectivity index (χ0n) is 35.5. The quantitative estimate of drug-likeness (QED) is 0.119. The van der Waals surface area contributed by atoms with Crippen molar-refractivity contribution in [2.75, 3.05) is 41.7 Å². The fourth-order valence-electron chi connectivity index (χ4n) is 8.13. The van der Waals surface area contributed by atoms with E-state index in [2.05, 4.69) is 20.8 Å². The summed E-state index contributed by atoms with van der Waals surface area (Å²) in [6.07, 6.45) is -9.52. The Balaban J connectivity index is 1.15. The second-order valence-corrected chi connectivity index (χ2v) is 21.3. The van der Waals surface area contributed by atoms with Crippen LogP contribution < -0.4 is 10.4 Å². The number of aliphatic hydroxyl groups is 2. The first-order valence-corrected chi connectivity index (χ1v) is 22.9. The molecule has 0 aliphatic carbocycles. The molecule has 2 heterocycles. The van der Waals surface area contributed by atoms with Gasteiger partial charge in [0.05, 0.1) is 17.7 Å². The molecular formula is C46H56O13SSi. The van der Waals surface area contributed by atoms with E-state index in [0.717, 1.165) is 15.3 Å². The highest BCUT2D eigenvalue weighted by Gasteiger charge is 2.53. The summed E-state index contributed by atoms with van der Waals surface area (Å²) in [4.78, 5) is 28.5. The van der Waals surface area contributed by atoms with Crippen molar-refractivity contribution >= 4 is 42.4 Å². The summed E-state index contributed by atoms with van der Waals surface area (Å²) in [6.45, 7) is 6.04. The molecule has 0 saturated carbocycles. The highest BCUT2D eigenvalue weighted by Crippen LogP contribution is 2.39. The summed E-state index contributed by atoms with van der Waals surface area (Å²) < 4.78 is 54.1. The number of hydrogen-bond acceptors (Lipinski definition) is 14. The van der Waals surface area contributed by atoms with E-state index >= 15 is 0 Å². The molecule has 0 spiro atoms. The van der Waals surface area contributed by atoms with Crippen molar-refractivity contribution in [3.05, 3.63) is 126 Å². The SMILES string of the molecule is CO[C@H]1O[C@H](CO[Si](c2ccccc2)(c2ccccc2)C(C)(C)C)[C@@H](O)[C@H](O)[C@H]1OC(=O)c1ccccc1C(=O)OC[C@H]1O[C@H](Sc2ccccc2)[C@@H](OC)[C@@H](OC)[C@@H]1OC. The molecule has 10 atom stereocenters. The third-order valence-corrected chi connectivity index (χ3v) is 17.3. The fraction of sp³-hybridized carbons (Fsp3) is 0.435. The lowest BCUT2D eigenvalue weighted by Gasteiger charge is -2.46. The van der Waals surface area contributed by atoms with Crippen molar-refractivity contribution < 1.29 is 62.1 Å². The number of rotatable bonds is 16. The minimum absolute atomic E-state index is 0.0946. The number of hydrogen-bond donors (Lipinski definition) is 2. The molecule has 4 aromatic rings. The van der Waals surface area contributed by atoms with Crippen LogP contribution in [0.15, 0.2) is 120 Å². The number of carbonyl (C=O) groups excluding carboxylic acids is 2. The smallest absolute Gasteiger partial charge is 0.339 e. The van der Waals surface area contributed by atoms with Gasteiger partial charge in [0.2, 0.25) is 0 Å². The van der Waals surface area contributed by atoms with Gasteiger partial charge in [0, 0.05) is 33.3 Å². The van der Waals surface area contributed by atoms with Crippen molar-refractivity contribution in [1.82, 2.24) is 0 Å². The first kappa shape index (κ1) is 46.5. The van der Waals surface area contributed by atoms with Crippen LogP contribution in [0.3, 0.4) is 0 Å². The summed E-state index contributed by atoms with van der Waals surface area (Å²) >= 11 is 1.44. The average Bonchev–Trinajstić information content (AvgIpc) is 3.28. The summed E-state index contributed by atoms with van der Waals surface area (Å²) in [5, 5.41) is 24.7. The lowest BCUT2D eigenvalue weighted by atomic mass is 9.99. The normalized spacial score (nSPS) is 27.0. The van der Waals surface area contributed by atoms with Gasteiger partial charge in [-0.1, -0.05) is 124 Å². The van der Waals surface area contributed by atoms with Gasteiger partial charge in [0.15, 0.2) is 12.4 Å². The molecule has 0 amide bonds. The van der Waals surface area contributed by atoms with E-state index in [4.69, 9.17) is 42.3 Å². The summed E-state index contributed by atoms with van der Waals surface area (Å²) in [5.74, 6) is -1.80. The molecule has 2 saturated heterocycles. The van der Waals surface area contributed by atoms with Crippen LogP contribution in [0, 0.1) is 0 Å². The van der Waals surface area contributed by atoms with Gasteiger partial charge in [-0.2, -0.15) is 0 Å². The van der Waals surface area contributed by atoms with Crippen LogP contribution in [0.5, 0.6) is 0 Å². The lowest BCUT2D eigenvalue weighted by Crippen LogP contribution is -2.68. The molecule has 2 aliphatic heterocycles. The first-order chi connectivity index (χ1) is 29.4. The number of methoxy groups -OCH3 is 4. The zero-order chi connectivity index (χ0) is 43.7. The van der Waals surface area contributed by atoms with Gasteiger partial charge >= 0.3 is 11.9 Å². The minimum Gasteiger partial charge on any atom is -0.459 e. The van der Waals surface area contributed by atoms with E-state index in [1.807, 2.05) is 91.0 Å². The predicted molar refractivity (Wildman–Crippen MR) is 231 cm³/mol. The maximum Gasteiger partial charge on any atom is 0.339 e. The van der Waals surface area contributed by atoms with Crippen molar-refractivity contribution in [3.8, 4) is 0 Å². The molecule has 0 unspecified atom stereocenters. The van der Waals surface area contributed by atoms with Crippen LogP contribution in [-0.2, 0) is 42.3 Å². The Hall–Kier alpha value is -3.97. The lowest BCUT2D eigenvalue weighted by molar-refractivity contribution is -0.292. The van der Waals surface area contributed by atoms with Gasteiger partial charge in [0.25, 0.3) is 8.32 Å². The predicted octanol–water partition coefficient (Wildman–Crippen LogP) is 4.60. The highest BCUT2D eigenvalue weighted by molar-refractivity contribution is 7.99. The monoisotopic (exact) mass is 876 g/mol. The van der Waals surface area contributed by atoms with Gasteiger partial charge < -0.3 is 52.5 Å². The maximum absolute atomic E-state index is 13.9. The van der Waals surface area contributed by atoms with Crippen LogP contribution in [0.1, 0.15) is 41.5 Å². The van der Waals surface area contributed by atoms with E-state index in [9.17, 15) is 19.8 Å². The Kier molecular flexibility index (Phi) is 16.0. The molecular weight excluding hydrogens is 821 g/mol. The zero-order valence-corrected chi connectivity index (χ0v) is 37.3. The van der Waals surface area contributed by atoms with Crippen molar-refractivity contribution in [3.63, 3.8) is 0 Å². The summed E-state index contributed by atoms with van der Waals surface area (Å²) in [7, 11) is 2.93. The van der Waals surface area contributed by atoms with E-state index < -0.39 is 80.8 Å². The summed E-state index contributed by atoms with van der Waals surface area (Å²) in [5.41, 5.74) is -0.770. The standard InChI is InChI=1S/C46H56O13SSi/c1-46(2,3)61(30-21-13-9-14-22-30,31-23-15-10-16-24-31)56-28-34-36(47)37(48)39(44(54-7)57-34)59-43(50)33-26-18-17-25-32(33)42(49)55-27-35-38(51-4)40(52-5)41(53-6)45(58-35)60-29-19-11-8-12-20-29/h8-26,34-41,44-45,47-48H,27-28H2,1-7H3/t34-,35-,36-,37+,38-,39-,40+,41+,44+,45-/m1/s1. The Bertz CT molecular complexity index is 1960. The Labute approximate surface area is 362 Å². The van der Waals surface area contributed by atoms with Crippen LogP contribution in [0.2, 0.25) is 5.04 Å². The molecule has 13 nitrogen and oxygen atoms in total. The number of carbonyl (C=O) groups is 2. The Morgan fingerprint density at radius 1 is 0.607 bits per heavy atom. The van der Waals surface area contributed by atoms with Crippen LogP contribution >= 0.6 is 11.8 Å². The third-order valence-electron chi connectivity index (χ3n) is 11.1. The number of ether oxygens (including phenoxy) is 8. The maximum atomic E-state index is 13.9. The number of aliphatic hydroxyl groups excluding tert-OH is 2. The molecule has 2 fully saturated rings. The highest BCUT2D eigenvalue weighted by atomic mass is 32.2. The fourth-order valence-corrected chi connectivity index (χ4v) is 13.9. The van der Waals surface area contributed by atoms with Gasteiger partial charge in [-0.3, -0.25) is 0 Å². The number of benzene rings is 4. The molecule has 15 heteroatoms. The molecule has 6 rings (SSSR count). The van der Waals surface area contributed by atoms with Gasteiger partial charge in [-0.15, -0.1) is 0 Å². The molecule has 2 N–H and O–H groups in total. The van der Waals surface area contributed by atoms with Crippen molar-refractivity contribution in [1.29, 1.82) is 0 Å². The first-order valence-electron chi connectivity index (χ1n) is 20.1. The molecule has 0 radical (unpaired) electrons. The van der Waals surface area contributed by atoms with Crippen LogP contribution in [-0.4, -0.2) is 133 Å². The van der Waals surface area contributed by atoms with E-state index in [1.54, 1.807) is 26.4 Å². The van der Waals surface area contributed by atoms with E-state index in [-0.39, 0.29) is 29.4 Å². The average molecular weight is 877 g/mol. The Morgan fingerprint density at radius 3 is 1.66 bits per heavy atom. The number of esters is 2.